The van der Waals surface area contributed by atoms with Crippen LogP contribution in [-0.2, 0) is 0 Å². The summed E-state index contributed by atoms with van der Waals surface area (Å²) < 4.78 is 7.16. The van der Waals surface area contributed by atoms with E-state index in [1.165, 1.54) is 31.1 Å². The molecule has 10 aromatic rings. The van der Waals surface area contributed by atoms with E-state index in [2.05, 4.69) is 123 Å². The van der Waals surface area contributed by atoms with Gasteiger partial charge in [-0.25, -0.2) is 4.85 Å². The highest BCUT2D eigenvalue weighted by Crippen LogP contribution is 2.45. The van der Waals surface area contributed by atoms with Gasteiger partial charge in [0.05, 0.1) is 39.9 Å². The summed E-state index contributed by atoms with van der Waals surface area (Å²) in [7, 11) is 0. The monoisotopic (exact) mass is 640 g/mol. The number of para-hydroxylation sites is 3. The number of nitriles is 1. The number of hydrogen-bond donors (Lipinski definition) is 0. The van der Waals surface area contributed by atoms with Gasteiger partial charge in [0.25, 0.3) is 0 Å². The van der Waals surface area contributed by atoms with Crippen LogP contribution in [0.1, 0.15) is 5.56 Å². The third-order valence-electron chi connectivity index (χ3n) is 9.76. The summed E-state index contributed by atoms with van der Waals surface area (Å²) in [6.07, 6.45) is 0. The highest BCUT2D eigenvalue weighted by molar-refractivity contribution is 7.26. The molecule has 49 heavy (non-hydrogen) atoms. The summed E-state index contributed by atoms with van der Waals surface area (Å²) in [5.41, 5.74) is 9.45. The van der Waals surface area contributed by atoms with Crippen LogP contribution in [0.2, 0.25) is 0 Å². The first-order chi connectivity index (χ1) is 24.2. The number of aromatic nitrogens is 2. The van der Waals surface area contributed by atoms with Crippen molar-refractivity contribution in [3.8, 4) is 28.6 Å². The van der Waals surface area contributed by atoms with E-state index in [4.69, 9.17) is 6.57 Å². The van der Waals surface area contributed by atoms with Crippen molar-refractivity contribution >= 4 is 80.8 Å². The van der Waals surface area contributed by atoms with Crippen LogP contribution in [0.25, 0.3) is 91.1 Å². The number of thiophene rings is 1. The minimum absolute atomic E-state index is 0.590. The van der Waals surface area contributed by atoms with Crippen molar-refractivity contribution in [3.63, 3.8) is 0 Å². The summed E-state index contributed by atoms with van der Waals surface area (Å²) in [5.74, 6) is 0. The first-order valence-electron chi connectivity index (χ1n) is 16.1. The Kier molecular flexibility index (Phi) is 5.84. The standard InChI is InChI=1S/C44H24N4S/c1-46-29-19-22-39-36(25-29)32-13-5-7-16-37(32)48(39)43-28(26-45)10-9-15-31(43)27-18-21-38-35(24-27)33-20-23-41-42(34-14-6-8-17-40(34)49-41)44(33)47(38)30-11-3-2-4-12-30/h2-25H. The summed E-state index contributed by atoms with van der Waals surface area (Å²) in [6, 6.07) is 53.1. The molecule has 7 aromatic carbocycles. The third kappa shape index (κ3) is 3.88. The zero-order chi connectivity index (χ0) is 32.6. The van der Waals surface area contributed by atoms with Gasteiger partial charge in [0.2, 0.25) is 0 Å². The van der Waals surface area contributed by atoms with Crippen molar-refractivity contribution in [1.29, 1.82) is 5.26 Å². The number of nitrogens with zero attached hydrogens (tertiary/aromatic N) is 4. The van der Waals surface area contributed by atoms with E-state index in [0.717, 1.165) is 55.2 Å². The van der Waals surface area contributed by atoms with Crippen molar-refractivity contribution in [3.05, 3.63) is 163 Å². The molecule has 0 bridgehead atoms. The molecule has 226 valence electrons. The van der Waals surface area contributed by atoms with Crippen LogP contribution in [0.15, 0.2) is 146 Å². The van der Waals surface area contributed by atoms with Gasteiger partial charge in [0, 0.05) is 47.6 Å². The molecular formula is C44H24N4S. The lowest BCUT2D eigenvalue weighted by atomic mass is 9.98. The van der Waals surface area contributed by atoms with Crippen LogP contribution in [0, 0.1) is 17.9 Å². The van der Waals surface area contributed by atoms with Gasteiger partial charge in [-0.2, -0.15) is 5.26 Å². The number of hydrogen-bond acceptors (Lipinski definition) is 2. The molecule has 0 fully saturated rings. The lowest BCUT2D eigenvalue weighted by molar-refractivity contribution is 1.17. The molecule has 0 aliphatic rings. The molecule has 0 saturated heterocycles. The fourth-order valence-electron chi connectivity index (χ4n) is 7.71. The van der Waals surface area contributed by atoms with Gasteiger partial charge < -0.3 is 9.13 Å². The molecule has 0 spiro atoms. The van der Waals surface area contributed by atoms with E-state index in [1.807, 2.05) is 53.8 Å². The molecule has 0 aliphatic carbocycles. The Morgan fingerprint density at radius 2 is 1.31 bits per heavy atom. The molecule has 0 N–H and O–H groups in total. The molecule has 10 rings (SSSR count). The van der Waals surface area contributed by atoms with E-state index in [-0.39, 0.29) is 0 Å². The van der Waals surface area contributed by atoms with Crippen molar-refractivity contribution in [2.45, 2.75) is 0 Å². The average Bonchev–Trinajstić information content (AvgIpc) is 3.81. The molecule has 0 saturated carbocycles. The van der Waals surface area contributed by atoms with E-state index in [9.17, 15) is 5.26 Å². The lowest BCUT2D eigenvalue weighted by Crippen LogP contribution is -2.01. The normalized spacial score (nSPS) is 11.6. The van der Waals surface area contributed by atoms with Gasteiger partial charge in [-0.05, 0) is 71.6 Å². The largest absolute Gasteiger partial charge is 0.309 e. The number of fused-ring (bicyclic) bond motifs is 10. The first kappa shape index (κ1) is 27.5. The van der Waals surface area contributed by atoms with Crippen molar-refractivity contribution in [1.82, 2.24) is 9.13 Å². The van der Waals surface area contributed by atoms with E-state index in [0.29, 0.717) is 11.3 Å². The topological polar surface area (TPSA) is 38.0 Å². The predicted octanol–water partition coefficient (Wildman–Crippen LogP) is 12.3. The van der Waals surface area contributed by atoms with Crippen LogP contribution in [0.4, 0.5) is 5.69 Å². The summed E-state index contributed by atoms with van der Waals surface area (Å²) in [4.78, 5) is 3.71. The van der Waals surface area contributed by atoms with Gasteiger partial charge >= 0.3 is 0 Å². The third-order valence-corrected chi connectivity index (χ3v) is 10.9. The molecule has 0 atom stereocenters. The van der Waals surface area contributed by atoms with Gasteiger partial charge in [-0.1, -0.05) is 84.9 Å². The van der Waals surface area contributed by atoms with Crippen molar-refractivity contribution in [2.75, 3.05) is 0 Å². The lowest BCUT2D eigenvalue weighted by Gasteiger charge is -2.16. The smallest absolute Gasteiger partial charge is 0.188 e. The highest BCUT2D eigenvalue weighted by atomic mass is 32.1. The molecule has 4 nitrogen and oxygen atoms in total. The maximum absolute atomic E-state index is 10.5. The molecule has 0 unspecified atom stereocenters. The second-order valence-corrected chi connectivity index (χ2v) is 13.4. The van der Waals surface area contributed by atoms with Gasteiger partial charge in [0.1, 0.15) is 6.07 Å². The maximum Gasteiger partial charge on any atom is 0.188 e. The quantitative estimate of drug-likeness (QED) is 0.177. The molecule has 5 heteroatoms. The fourth-order valence-corrected chi connectivity index (χ4v) is 8.82. The zero-order valence-electron chi connectivity index (χ0n) is 26.1. The Morgan fingerprint density at radius 1 is 0.571 bits per heavy atom. The molecule has 3 heterocycles. The maximum atomic E-state index is 10.5. The first-order valence-corrected chi connectivity index (χ1v) is 16.9. The fraction of sp³-hybridized carbons (Fsp3) is 0. The Bertz CT molecular complexity index is 3070. The minimum atomic E-state index is 0.590. The number of benzene rings is 7. The molecule has 3 aromatic heterocycles. The molecule has 0 aliphatic heterocycles. The van der Waals surface area contributed by atoms with Crippen molar-refractivity contribution in [2.24, 2.45) is 0 Å². The highest BCUT2D eigenvalue weighted by Gasteiger charge is 2.22. The molecule has 0 amide bonds. The Balaban J connectivity index is 1.31. The minimum Gasteiger partial charge on any atom is -0.309 e. The van der Waals surface area contributed by atoms with Crippen LogP contribution >= 0.6 is 11.3 Å². The summed E-state index contributed by atoms with van der Waals surface area (Å²) in [6.45, 7) is 7.64. The summed E-state index contributed by atoms with van der Waals surface area (Å²) in [5, 5.41) is 17.5. The van der Waals surface area contributed by atoms with Crippen molar-refractivity contribution < 1.29 is 0 Å². The second kappa shape index (κ2) is 10.4. The van der Waals surface area contributed by atoms with Crippen LogP contribution < -0.4 is 0 Å². The van der Waals surface area contributed by atoms with Crippen LogP contribution in [0.3, 0.4) is 0 Å². The second-order valence-electron chi connectivity index (χ2n) is 12.3. The van der Waals surface area contributed by atoms with E-state index >= 15 is 0 Å². The van der Waals surface area contributed by atoms with Crippen LogP contribution in [0.5, 0.6) is 0 Å². The van der Waals surface area contributed by atoms with E-state index in [1.54, 1.807) is 0 Å². The van der Waals surface area contributed by atoms with Gasteiger partial charge in [-0.3, -0.25) is 0 Å². The summed E-state index contributed by atoms with van der Waals surface area (Å²) >= 11 is 1.84. The predicted molar refractivity (Wildman–Crippen MR) is 204 cm³/mol. The van der Waals surface area contributed by atoms with Crippen LogP contribution in [-0.4, -0.2) is 9.13 Å². The Hall–Kier alpha value is -6.66. The number of rotatable bonds is 3. The zero-order valence-corrected chi connectivity index (χ0v) is 26.9. The average molecular weight is 641 g/mol. The molecule has 0 radical (unpaired) electrons. The Labute approximate surface area is 285 Å². The van der Waals surface area contributed by atoms with Gasteiger partial charge in [-0.15, -0.1) is 11.3 Å². The Morgan fingerprint density at radius 3 is 2.16 bits per heavy atom. The molecular weight excluding hydrogens is 617 g/mol. The SMILES string of the molecule is [C-]#[N+]c1ccc2c(c1)c1ccccc1n2-c1c(C#N)cccc1-c1ccc2c(c1)c1ccc3sc4ccccc4c3c1n2-c1ccccc1. The van der Waals surface area contributed by atoms with Gasteiger partial charge in [0.15, 0.2) is 5.69 Å². The van der Waals surface area contributed by atoms with E-state index < -0.39 is 0 Å².